The van der Waals surface area contributed by atoms with Crippen molar-refractivity contribution in [2.45, 2.75) is 32.4 Å². The highest BCUT2D eigenvalue weighted by Crippen LogP contribution is 2.42. The number of rotatable bonds is 3. The van der Waals surface area contributed by atoms with E-state index in [1.807, 2.05) is 27.1 Å². The number of ether oxygens (including phenoxy) is 1. The molecule has 3 heterocycles. The van der Waals surface area contributed by atoms with Crippen LogP contribution in [0.25, 0.3) is 0 Å². The van der Waals surface area contributed by atoms with E-state index in [2.05, 4.69) is 10.1 Å². The molecule has 0 unspecified atom stereocenters. The van der Waals surface area contributed by atoms with Gasteiger partial charge in [0, 0.05) is 46.4 Å². The molecule has 2 fully saturated rings. The molecule has 0 saturated carbocycles. The number of aryl methyl sites for hydroxylation is 1. The minimum Gasteiger partial charge on any atom is -0.377 e. The summed E-state index contributed by atoms with van der Waals surface area (Å²) in [5, 5.41) is 4.05. The highest BCUT2D eigenvalue weighted by molar-refractivity contribution is 5.83. The molecule has 1 aromatic heterocycles. The minimum absolute atomic E-state index is 0.0581. The fraction of sp³-hybridized carbons (Fsp3) is 0.733. The van der Waals surface area contributed by atoms with Crippen LogP contribution >= 0.6 is 0 Å². The van der Waals surface area contributed by atoms with E-state index in [0.29, 0.717) is 6.61 Å². The van der Waals surface area contributed by atoms with Crippen molar-refractivity contribution in [3.63, 3.8) is 0 Å². The molecule has 2 saturated heterocycles. The fourth-order valence-electron chi connectivity index (χ4n) is 3.64. The third-order valence-corrected chi connectivity index (χ3v) is 4.59. The number of aromatic nitrogens is 1. The second kappa shape index (κ2) is 5.42. The van der Waals surface area contributed by atoms with Crippen LogP contribution in [0, 0.1) is 12.3 Å². The zero-order valence-corrected chi connectivity index (χ0v) is 13.0. The standard InChI is InChI=1S/C15H23N3O3/c1-11-8-12(16-21-11)9-18-6-4-13-15(10-18,5-7-20-13)14(19)17(2)3/h8,13H,4-7,9-10H2,1-3H3/t13-,15-/m0/s1. The molecule has 21 heavy (non-hydrogen) atoms. The zero-order chi connectivity index (χ0) is 15.0. The van der Waals surface area contributed by atoms with Crippen LogP contribution in [0.5, 0.6) is 0 Å². The number of carbonyl (C=O) groups is 1. The van der Waals surface area contributed by atoms with Crippen LogP contribution in [0.3, 0.4) is 0 Å². The average molecular weight is 293 g/mol. The van der Waals surface area contributed by atoms with Crippen molar-refractivity contribution in [1.82, 2.24) is 15.0 Å². The smallest absolute Gasteiger partial charge is 0.232 e. The van der Waals surface area contributed by atoms with Crippen LogP contribution in [0.4, 0.5) is 0 Å². The van der Waals surface area contributed by atoms with Gasteiger partial charge in [0.25, 0.3) is 0 Å². The van der Waals surface area contributed by atoms with Crippen molar-refractivity contribution in [2.24, 2.45) is 5.41 Å². The molecule has 2 atom stereocenters. The molecule has 2 aliphatic heterocycles. The highest BCUT2D eigenvalue weighted by Gasteiger charge is 2.53. The quantitative estimate of drug-likeness (QED) is 0.834. The van der Waals surface area contributed by atoms with Crippen molar-refractivity contribution < 1.29 is 14.1 Å². The summed E-state index contributed by atoms with van der Waals surface area (Å²) in [7, 11) is 3.65. The number of hydrogen-bond acceptors (Lipinski definition) is 5. The van der Waals surface area contributed by atoms with Crippen LogP contribution in [-0.4, -0.2) is 60.8 Å². The molecule has 1 amide bonds. The summed E-state index contributed by atoms with van der Waals surface area (Å²) in [5.41, 5.74) is 0.540. The van der Waals surface area contributed by atoms with E-state index < -0.39 is 0 Å². The second-order valence-electron chi connectivity index (χ2n) is 6.39. The SMILES string of the molecule is Cc1cc(CN2CC[C@@H]3OCC[C@]3(C(=O)N(C)C)C2)no1. The number of likely N-dealkylation sites (tertiary alicyclic amines) is 1. The maximum atomic E-state index is 12.7. The Morgan fingerprint density at radius 2 is 2.38 bits per heavy atom. The van der Waals surface area contributed by atoms with Gasteiger partial charge >= 0.3 is 0 Å². The Morgan fingerprint density at radius 3 is 3.05 bits per heavy atom. The first kappa shape index (κ1) is 14.5. The second-order valence-corrected chi connectivity index (χ2v) is 6.39. The first-order valence-corrected chi connectivity index (χ1v) is 7.49. The number of amides is 1. The Balaban J connectivity index is 1.76. The molecule has 1 aromatic rings. The number of piperidine rings is 1. The maximum absolute atomic E-state index is 12.7. The van der Waals surface area contributed by atoms with Crippen LogP contribution in [0.2, 0.25) is 0 Å². The van der Waals surface area contributed by atoms with Gasteiger partial charge in [-0.05, 0) is 19.8 Å². The van der Waals surface area contributed by atoms with Gasteiger partial charge in [-0.15, -0.1) is 0 Å². The van der Waals surface area contributed by atoms with Crippen LogP contribution in [-0.2, 0) is 16.1 Å². The molecule has 6 nitrogen and oxygen atoms in total. The molecule has 0 aromatic carbocycles. The van der Waals surface area contributed by atoms with Gasteiger partial charge in [0.05, 0.1) is 17.2 Å². The van der Waals surface area contributed by atoms with Gasteiger partial charge in [0.15, 0.2) is 0 Å². The average Bonchev–Trinajstić information content (AvgIpc) is 3.04. The summed E-state index contributed by atoms with van der Waals surface area (Å²) in [5.74, 6) is 1.01. The topological polar surface area (TPSA) is 58.8 Å². The summed E-state index contributed by atoms with van der Waals surface area (Å²) in [6.45, 7) is 4.97. The van der Waals surface area contributed by atoms with Crippen LogP contribution in [0.1, 0.15) is 24.3 Å². The van der Waals surface area contributed by atoms with Gasteiger partial charge in [0.2, 0.25) is 5.91 Å². The maximum Gasteiger partial charge on any atom is 0.232 e. The summed E-state index contributed by atoms with van der Waals surface area (Å²) in [4.78, 5) is 16.7. The Kier molecular flexibility index (Phi) is 3.75. The molecule has 0 aliphatic carbocycles. The van der Waals surface area contributed by atoms with Gasteiger partial charge in [-0.25, -0.2) is 0 Å². The summed E-state index contributed by atoms with van der Waals surface area (Å²) in [6.07, 6.45) is 1.77. The van der Waals surface area contributed by atoms with Gasteiger partial charge in [-0.2, -0.15) is 0 Å². The predicted molar refractivity (Wildman–Crippen MR) is 76.6 cm³/mol. The number of carbonyl (C=O) groups excluding carboxylic acids is 1. The first-order chi connectivity index (χ1) is 10.0. The summed E-state index contributed by atoms with van der Waals surface area (Å²) >= 11 is 0. The van der Waals surface area contributed by atoms with Gasteiger partial charge in [-0.3, -0.25) is 9.69 Å². The van der Waals surface area contributed by atoms with E-state index >= 15 is 0 Å². The Bertz CT molecular complexity index is 528. The molecule has 3 rings (SSSR count). The first-order valence-electron chi connectivity index (χ1n) is 7.49. The highest BCUT2D eigenvalue weighted by atomic mass is 16.5. The molecule has 0 N–H and O–H groups in total. The molecular formula is C15H23N3O3. The Morgan fingerprint density at radius 1 is 1.57 bits per heavy atom. The molecule has 6 heteroatoms. The summed E-state index contributed by atoms with van der Waals surface area (Å²) < 4.78 is 11.0. The normalized spacial score (nSPS) is 29.4. The van der Waals surface area contributed by atoms with Crippen molar-refractivity contribution in [1.29, 1.82) is 0 Å². The fourth-order valence-corrected chi connectivity index (χ4v) is 3.64. The Labute approximate surface area is 125 Å². The lowest BCUT2D eigenvalue weighted by atomic mass is 9.75. The van der Waals surface area contributed by atoms with E-state index in [0.717, 1.165) is 43.9 Å². The minimum atomic E-state index is -0.388. The van der Waals surface area contributed by atoms with Gasteiger partial charge < -0.3 is 14.2 Å². The predicted octanol–water partition coefficient (Wildman–Crippen LogP) is 1.05. The van der Waals surface area contributed by atoms with Crippen molar-refractivity contribution in [2.75, 3.05) is 33.8 Å². The number of fused-ring (bicyclic) bond motifs is 1. The van der Waals surface area contributed by atoms with E-state index in [4.69, 9.17) is 9.26 Å². The zero-order valence-electron chi connectivity index (χ0n) is 13.0. The third kappa shape index (κ3) is 2.58. The van der Waals surface area contributed by atoms with E-state index in [1.54, 1.807) is 4.90 Å². The van der Waals surface area contributed by atoms with Crippen molar-refractivity contribution >= 4 is 5.91 Å². The van der Waals surface area contributed by atoms with E-state index in [1.165, 1.54) is 0 Å². The largest absolute Gasteiger partial charge is 0.377 e. The third-order valence-electron chi connectivity index (χ3n) is 4.59. The van der Waals surface area contributed by atoms with E-state index in [9.17, 15) is 4.79 Å². The molecule has 116 valence electrons. The van der Waals surface area contributed by atoms with Crippen LogP contribution in [0.15, 0.2) is 10.6 Å². The molecule has 2 aliphatic rings. The van der Waals surface area contributed by atoms with Gasteiger partial charge in [0.1, 0.15) is 5.76 Å². The van der Waals surface area contributed by atoms with E-state index in [-0.39, 0.29) is 17.4 Å². The lowest BCUT2D eigenvalue weighted by Gasteiger charge is -2.43. The number of nitrogens with zero attached hydrogens (tertiary/aromatic N) is 3. The molecule has 0 bridgehead atoms. The van der Waals surface area contributed by atoms with Gasteiger partial charge in [-0.1, -0.05) is 5.16 Å². The molecule has 0 spiro atoms. The molecule has 0 radical (unpaired) electrons. The monoisotopic (exact) mass is 293 g/mol. The van der Waals surface area contributed by atoms with Crippen molar-refractivity contribution in [3.8, 4) is 0 Å². The van der Waals surface area contributed by atoms with Crippen LogP contribution < -0.4 is 0 Å². The lowest BCUT2D eigenvalue weighted by molar-refractivity contribution is -0.148. The van der Waals surface area contributed by atoms with Crippen molar-refractivity contribution in [3.05, 3.63) is 17.5 Å². The summed E-state index contributed by atoms with van der Waals surface area (Å²) in [6, 6.07) is 1.96. The lowest BCUT2D eigenvalue weighted by Crippen LogP contribution is -2.56. The molecular weight excluding hydrogens is 270 g/mol. The number of hydrogen-bond donors (Lipinski definition) is 0. The Hall–Kier alpha value is -1.40.